The average molecular weight is 230 g/mol. The molecule has 0 atom stereocenters. The predicted octanol–water partition coefficient (Wildman–Crippen LogP) is 2.71. The smallest absolute Gasteiger partial charge is 0.266 e. The number of carbonyl (C=O) groups is 1. The summed E-state index contributed by atoms with van der Waals surface area (Å²) in [7, 11) is 0. The van der Waals surface area contributed by atoms with Crippen molar-refractivity contribution in [2.75, 3.05) is 0 Å². The van der Waals surface area contributed by atoms with Crippen LogP contribution in [0.5, 0.6) is 0 Å². The van der Waals surface area contributed by atoms with Crippen molar-refractivity contribution in [1.29, 1.82) is 5.26 Å². The van der Waals surface area contributed by atoms with Crippen molar-refractivity contribution in [3.8, 4) is 6.07 Å². The third kappa shape index (κ3) is 1.58. The molecule has 0 N–H and O–H groups in total. The Balaban J connectivity index is 2.77. The zero-order chi connectivity index (χ0) is 12.6. The van der Waals surface area contributed by atoms with Crippen molar-refractivity contribution in [3.63, 3.8) is 0 Å². The summed E-state index contributed by atoms with van der Waals surface area (Å²) in [6.45, 7) is 6.79. The first-order valence-corrected chi connectivity index (χ1v) is 4.61. The summed E-state index contributed by atoms with van der Waals surface area (Å²) in [4.78, 5) is 14.5. The Labute approximate surface area is 95.4 Å². The van der Waals surface area contributed by atoms with Crippen LogP contribution in [0.15, 0.2) is 17.8 Å². The second-order valence-corrected chi connectivity index (χ2v) is 3.46. The number of hydrogen-bond donors (Lipinski definition) is 0. The van der Waals surface area contributed by atoms with Gasteiger partial charge in [-0.25, -0.2) is 18.9 Å². The van der Waals surface area contributed by atoms with Crippen LogP contribution < -0.4 is 0 Å². The van der Waals surface area contributed by atoms with E-state index in [0.717, 1.165) is 12.1 Å². The molecule has 1 aliphatic carbocycles. The van der Waals surface area contributed by atoms with Crippen molar-refractivity contribution in [2.45, 2.75) is 6.42 Å². The second kappa shape index (κ2) is 3.80. The number of nitriles is 1. The maximum Gasteiger partial charge on any atom is 0.266 e. The fourth-order valence-electron chi connectivity index (χ4n) is 1.75. The molecule has 3 nitrogen and oxygen atoms in total. The quantitative estimate of drug-likeness (QED) is 0.508. The van der Waals surface area contributed by atoms with E-state index in [0.29, 0.717) is 0 Å². The number of fused-ring (bicyclic) bond motifs is 1. The molecule has 1 aromatic rings. The lowest BCUT2D eigenvalue weighted by Crippen LogP contribution is -1.94. The Morgan fingerprint density at radius 3 is 2.47 bits per heavy atom. The van der Waals surface area contributed by atoms with Crippen LogP contribution in [-0.2, 0) is 0 Å². The lowest BCUT2D eigenvalue weighted by atomic mass is 10.1. The van der Waals surface area contributed by atoms with Crippen molar-refractivity contribution < 1.29 is 13.6 Å². The number of hydrogen-bond acceptors (Lipinski definition) is 2. The molecule has 0 radical (unpaired) electrons. The predicted molar refractivity (Wildman–Crippen MR) is 54.4 cm³/mol. The summed E-state index contributed by atoms with van der Waals surface area (Å²) in [6, 6.07) is 3.31. The van der Waals surface area contributed by atoms with Gasteiger partial charge in [-0.15, -0.1) is 0 Å². The van der Waals surface area contributed by atoms with Gasteiger partial charge in [-0.1, -0.05) is 0 Å². The molecule has 5 heteroatoms. The molecule has 0 heterocycles. The van der Waals surface area contributed by atoms with Crippen molar-refractivity contribution in [1.82, 2.24) is 0 Å². The first kappa shape index (κ1) is 11.0. The summed E-state index contributed by atoms with van der Waals surface area (Å²) in [5.41, 5.74) is 0.0706. The van der Waals surface area contributed by atoms with Crippen molar-refractivity contribution in [2.24, 2.45) is 0 Å². The standard InChI is InChI=1S/C12H4F2N2O/c1-16-11(5-15)7-4-12(17)8-3-10(14)9(13)2-6(7)8/h2-3H,4H2/b11-7+. The topological polar surface area (TPSA) is 45.2 Å². The highest BCUT2D eigenvalue weighted by molar-refractivity contribution is 6.12. The summed E-state index contributed by atoms with van der Waals surface area (Å²) in [6.07, 6.45) is -0.163. The van der Waals surface area contributed by atoms with Crippen LogP contribution in [0.25, 0.3) is 10.4 Å². The molecule has 1 aromatic carbocycles. The number of benzene rings is 1. The molecular weight excluding hydrogens is 226 g/mol. The van der Waals surface area contributed by atoms with Crippen molar-refractivity contribution >= 4 is 11.4 Å². The summed E-state index contributed by atoms with van der Waals surface area (Å²) in [5, 5.41) is 8.72. The van der Waals surface area contributed by atoms with Crippen LogP contribution in [0.2, 0.25) is 0 Å². The molecule has 0 saturated carbocycles. The van der Waals surface area contributed by atoms with Gasteiger partial charge in [0.15, 0.2) is 17.4 Å². The maximum absolute atomic E-state index is 13.1. The minimum Gasteiger partial charge on any atom is -0.294 e. The lowest BCUT2D eigenvalue weighted by Gasteiger charge is -2.01. The fourth-order valence-corrected chi connectivity index (χ4v) is 1.75. The van der Waals surface area contributed by atoms with Gasteiger partial charge in [0.05, 0.1) is 12.6 Å². The molecule has 0 bridgehead atoms. The first-order chi connectivity index (χ1) is 8.08. The molecule has 82 valence electrons. The molecule has 0 aromatic heterocycles. The van der Waals surface area contributed by atoms with E-state index in [1.807, 2.05) is 0 Å². The molecule has 17 heavy (non-hydrogen) atoms. The van der Waals surface area contributed by atoms with E-state index >= 15 is 0 Å². The summed E-state index contributed by atoms with van der Waals surface area (Å²) >= 11 is 0. The van der Waals surface area contributed by atoms with Crippen LogP contribution in [0.1, 0.15) is 22.3 Å². The minimum atomic E-state index is -1.11. The summed E-state index contributed by atoms with van der Waals surface area (Å²) < 4.78 is 26.0. The van der Waals surface area contributed by atoms with E-state index in [1.54, 1.807) is 6.07 Å². The zero-order valence-corrected chi connectivity index (χ0v) is 8.42. The molecule has 0 unspecified atom stereocenters. The van der Waals surface area contributed by atoms with Crippen LogP contribution in [0.4, 0.5) is 8.78 Å². The summed E-state index contributed by atoms with van der Waals surface area (Å²) in [5.74, 6) is -2.62. The average Bonchev–Trinajstić information content (AvgIpc) is 2.60. The molecule has 1 aliphatic rings. The Hall–Kier alpha value is -2.53. The van der Waals surface area contributed by atoms with E-state index in [-0.39, 0.29) is 28.8 Å². The minimum absolute atomic E-state index is 0.0234. The van der Waals surface area contributed by atoms with Crippen molar-refractivity contribution in [3.05, 3.63) is 52.0 Å². The van der Waals surface area contributed by atoms with Gasteiger partial charge in [-0.05, 0) is 23.3 Å². The molecule has 2 rings (SSSR count). The van der Waals surface area contributed by atoms with Gasteiger partial charge < -0.3 is 0 Å². The Kier molecular flexibility index (Phi) is 2.45. The number of nitrogens with zero attached hydrogens (tertiary/aromatic N) is 2. The van der Waals surface area contributed by atoms with E-state index in [9.17, 15) is 13.6 Å². The number of carbonyl (C=O) groups excluding carboxylic acids is 1. The molecular formula is C12H4F2N2O. The Morgan fingerprint density at radius 2 is 1.94 bits per heavy atom. The van der Waals surface area contributed by atoms with Gasteiger partial charge in [0.25, 0.3) is 5.70 Å². The van der Waals surface area contributed by atoms with Crippen LogP contribution in [0.3, 0.4) is 0 Å². The number of rotatable bonds is 0. The molecule has 0 fully saturated rings. The fraction of sp³-hybridized carbons (Fsp3) is 0.0833. The largest absolute Gasteiger partial charge is 0.294 e. The van der Waals surface area contributed by atoms with Gasteiger partial charge >= 0.3 is 0 Å². The van der Waals surface area contributed by atoms with Gasteiger partial charge in [0, 0.05) is 12.0 Å². The highest BCUT2D eigenvalue weighted by Gasteiger charge is 2.28. The van der Waals surface area contributed by atoms with Crippen LogP contribution >= 0.6 is 0 Å². The normalized spacial score (nSPS) is 16.1. The third-order valence-corrected chi connectivity index (χ3v) is 2.53. The highest BCUT2D eigenvalue weighted by atomic mass is 19.2. The highest BCUT2D eigenvalue weighted by Crippen LogP contribution is 2.35. The molecule has 0 saturated heterocycles. The SMILES string of the molecule is [C-]#[N+]/C(C#N)=C1\CC(=O)c2cc(F)c(F)cc21. The van der Waals surface area contributed by atoms with Gasteiger partial charge in [-0.3, -0.25) is 4.79 Å². The maximum atomic E-state index is 13.1. The van der Waals surface area contributed by atoms with Gasteiger partial charge in [0.2, 0.25) is 0 Å². The number of halogens is 2. The van der Waals surface area contributed by atoms with Crippen LogP contribution in [-0.4, -0.2) is 5.78 Å². The van der Waals surface area contributed by atoms with E-state index in [2.05, 4.69) is 4.85 Å². The monoisotopic (exact) mass is 230 g/mol. The molecule has 0 spiro atoms. The van der Waals surface area contributed by atoms with Gasteiger partial charge in [-0.2, -0.15) is 0 Å². The zero-order valence-electron chi connectivity index (χ0n) is 8.42. The van der Waals surface area contributed by atoms with Gasteiger partial charge in [0.1, 0.15) is 0 Å². The number of Topliss-reactive ketones (excluding diaryl/α,β-unsaturated/α-hetero) is 1. The van der Waals surface area contributed by atoms with E-state index < -0.39 is 17.4 Å². The number of ketones is 1. The van der Waals surface area contributed by atoms with Crippen LogP contribution in [0, 0.1) is 29.5 Å². The Morgan fingerprint density at radius 1 is 1.35 bits per heavy atom. The molecule has 0 amide bonds. The molecule has 0 aliphatic heterocycles. The second-order valence-electron chi connectivity index (χ2n) is 3.46. The number of allylic oxidation sites excluding steroid dienone is 2. The first-order valence-electron chi connectivity index (χ1n) is 4.61. The third-order valence-electron chi connectivity index (χ3n) is 2.53. The van der Waals surface area contributed by atoms with E-state index in [1.165, 1.54) is 0 Å². The lowest BCUT2D eigenvalue weighted by molar-refractivity contribution is 0.100. The van der Waals surface area contributed by atoms with E-state index in [4.69, 9.17) is 11.8 Å². The Bertz CT molecular complexity index is 632.